The summed E-state index contributed by atoms with van der Waals surface area (Å²) in [7, 11) is 0. The van der Waals surface area contributed by atoms with Crippen molar-refractivity contribution >= 4 is 35.3 Å². The van der Waals surface area contributed by atoms with Gasteiger partial charge in [0.1, 0.15) is 0 Å². The quantitative estimate of drug-likeness (QED) is 0.821. The monoisotopic (exact) mass is 336 g/mol. The highest BCUT2D eigenvalue weighted by atomic mass is 35.5. The molecule has 0 saturated carbocycles. The van der Waals surface area contributed by atoms with Gasteiger partial charge in [0.25, 0.3) is 0 Å². The Morgan fingerprint density at radius 1 is 1.14 bits per heavy atom. The molecule has 0 spiro atoms. The maximum atomic E-state index is 11.6. The van der Waals surface area contributed by atoms with Crippen molar-refractivity contribution in [1.29, 1.82) is 0 Å². The standard InChI is InChI=1S/C16H13ClO4S/c1-2-21-16(20)11-5-8-14(13(17)9-11)22-12-6-3-10(4-7-12)15(18)19/h3-9H,2H2,1H3,(H,18,19). The highest BCUT2D eigenvalue weighted by molar-refractivity contribution is 7.99. The molecule has 0 amide bonds. The van der Waals surface area contributed by atoms with E-state index in [2.05, 4.69) is 0 Å². The van der Waals surface area contributed by atoms with Gasteiger partial charge in [-0.05, 0) is 49.4 Å². The maximum Gasteiger partial charge on any atom is 0.338 e. The Morgan fingerprint density at radius 2 is 1.77 bits per heavy atom. The molecule has 0 unspecified atom stereocenters. The summed E-state index contributed by atoms with van der Waals surface area (Å²) in [5.74, 6) is -1.37. The molecule has 0 aliphatic rings. The second-order valence-electron chi connectivity index (χ2n) is 4.30. The fraction of sp³-hybridized carbons (Fsp3) is 0.125. The van der Waals surface area contributed by atoms with Crippen molar-refractivity contribution < 1.29 is 19.4 Å². The number of carboxylic acids is 1. The van der Waals surface area contributed by atoms with E-state index < -0.39 is 11.9 Å². The molecular weight excluding hydrogens is 324 g/mol. The van der Waals surface area contributed by atoms with Gasteiger partial charge in [0, 0.05) is 9.79 Å². The fourth-order valence-corrected chi connectivity index (χ4v) is 2.83. The largest absolute Gasteiger partial charge is 0.478 e. The SMILES string of the molecule is CCOC(=O)c1ccc(Sc2ccc(C(=O)O)cc2)c(Cl)c1. The van der Waals surface area contributed by atoms with Crippen molar-refractivity contribution in [3.63, 3.8) is 0 Å². The van der Waals surface area contributed by atoms with E-state index in [0.29, 0.717) is 17.2 Å². The molecule has 22 heavy (non-hydrogen) atoms. The van der Waals surface area contributed by atoms with E-state index in [1.165, 1.54) is 23.9 Å². The number of carbonyl (C=O) groups is 2. The first-order valence-corrected chi connectivity index (χ1v) is 7.68. The second-order valence-corrected chi connectivity index (χ2v) is 5.82. The number of esters is 1. The summed E-state index contributed by atoms with van der Waals surface area (Å²) < 4.78 is 4.92. The molecule has 0 radical (unpaired) electrons. The predicted octanol–water partition coefficient (Wildman–Crippen LogP) is 4.37. The molecule has 0 heterocycles. The molecule has 0 saturated heterocycles. The number of hydrogen-bond donors (Lipinski definition) is 1. The van der Waals surface area contributed by atoms with E-state index in [1.54, 1.807) is 37.3 Å². The van der Waals surface area contributed by atoms with E-state index in [-0.39, 0.29) is 5.56 Å². The van der Waals surface area contributed by atoms with Crippen molar-refractivity contribution in [2.45, 2.75) is 16.7 Å². The molecule has 0 atom stereocenters. The van der Waals surface area contributed by atoms with E-state index in [1.807, 2.05) is 0 Å². The van der Waals surface area contributed by atoms with Gasteiger partial charge in [0.15, 0.2) is 0 Å². The van der Waals surface area contributed by atoms with Crippen molar-refractivity contribution in [2.24, 2.45) is 0 Å². The van der Waals surface area contributed by atoms with Crippen LogP contribution in [-0.4, -0.2) is 23.7 Å². The summed E-state index contributed by atoms with van der Waals surface area (Å²) >= 11 is 7.57. The zero-order valence-corrected chi connectivity index (χ0v) is 13.3. The van der Waals surface area contributed by atoms with E-state index in [0.717, 1.165) is 9.79 Å². The highest BCUT2D eigenvalue weighted by Crippen LogP contribution is 2.34. The van der Waals surface area contributed by atoms with Gasteiger partial charge in [0.2, 0.25) is 0 Å². The minimum Gasteiger partial charge on any atom is -0.478 e. The molecule has 0 aromatic heterocycles. The van der Waals surface area contributed by atoms with Crippen LogP contribution in [-0.2, 0) is 4.74 Å². The van der Waals surface area contributed by atoms with Crippen molar-refractivity contribution in [2.75, 3.05) is 6.61 Å². The summed E-state index contributed by atoms with van der Waals surface area (Å²) in [4.78, 5) is 24.1. The molecule has 6 heteroatoms. The van der Waals surface area contributed by atoms with Crippen LogP contribution in [0.4, 0.5) is 0 Å². The Morgan fingerprint density at radius 3 is 2.32 bits per heavy atom. The Balaban J connectivity index is 2.16. The summed E-state index contributed by atoms with van der Waals surface area (Å²) in [6, 6.07) is 11.4. The molecule has 4 nitrogen and oxygen atoms in total. The Kier molecular flexibility index (Phi) is 5.46. The number of benzene rings is 2. The number of ether oxygens (including phenoxy) is 1. The van der Waals surface area contributed by atoms with Crippen LogP contribution in [0.1, 0.15) is 27.6 Å². The predicted molar refractivity (Wildman–Crippen MR) is 84.9 cm³/mol. The fourth-order valence-electron chi connectivity index (χ4n) is 1.72. The topological polar surface area (TPSA) is 63.6 Å². The van der Waals surface area contributed by atoms with Gasteiger partial charge in [-0.2, -0.15) is 0 Å². The first-order valence-electron chi connectivity index (χ1n) is 6.49. The average Bonchev–Trinajstić information content (AvgIpc) is 2.50. The van der Waals surface area contributed by atoms with Gasteiger partial charge >= 0.3 is 11.9 Å². The lowest BCUT2D eigenvalue weighted by molar-refractivity contribution is 0.0525. The van der Waals surface area contributed by atoms with Crippen LogP contribution >= 0.6 is 23.4 Å². The van der Waals surface area contributed by atoms with Crippen molar-refractivity contribution in [3.05, 3.63) is 58.6 Å². The second kappa shape index (κ2) is 7.33. The smallest absolute Gasteiger partial charge is 0.338 e. The Hall–Kier alpha value is -1.98. The number of rotatable bonds is 5. The van der Waals surface area contributed by atoms with Gasteiger partial charge in [-0.25, -0.2) is 9.59 Å². The molecule has 0 aliphatic heterocycles. The van der Waals surface area contributed by atoms with Crippen molar-refractivity contribution in [3.8, 4) is 0 Å². The minimum atomic E-state index is -0.964. The Bertz CT molecular complexity index is 698. The number of carboxylic acid groups (broad SMARTS) is 1. The first-order chi connectivity index (χ1) is 10.5. The third-order valence-corrected chi connectivity index (χ3v) is 4.28. The lowest BCUT2D eigenvalue weighted by Crippen LogP contribution is -2.04. The van der Waals surface area contributed by atoms with E-state index >= 15 is 0 Å². The molecule has 0 bridgehead atoms. The zero-order chi connectivity index (χ0) is 16.1. The van der Waals surface area contributed by atoms with Crippen LogP contribution in [0.15, 0.2) is 52.3 Å². The number of halogens is 1. The van der Waals surface area contributed by atoms with Crippen LogP contribution < -0.4 is 0 Å². The highest BCUT2D eigenvalue weighted by Gasteiger charge is 2.11. The van der Waals surface area contributed by atoms with Crippen LogP contribution in [0.5, 0.6) is 0 Å². The maximum absolute atomic E-state index is 11.6. The van der Waals surface area contributed by atoms with E-state index in [4.69, 9.17) is 21.4 Å². The molecule has 1 N–H and O–H groups in total. The molecule has 2 aromatic carbocycles. The van der Waals surface area contributed by atoms with Crippen LogP contribution in [0.25, 0.3) is 0 Å². The van der Waals surface area contributed by atoms with Crippen molar-refractivity contribution in [1.82, 2.24) is 0 Å². The molecule has 0 fully saturated rings. The number of carbonyl (C=O) groups excluding carboxylic acids is 1. The van der Waals surface area contributed by atoms with Crippen LogP contribution in [0, 0.1) is 0 Å². The summed E-state index contributed by atoms with van der Waals surface area (Å²) in [5.41, 5.74) is 0.630. The average molecular weight is 337 g/mol. The molecular formula is C16H13ClO4S. The first kappa shape index (κ1) is 16.4. The molecule has 0 aliphatic carbocycles. The van der Waals surface area contributed by atoms with Crippen LogP contribution in [0.2, 0.25) is 5.02 Å². The third-order valence-electron chi connectivity index (χ3n) is 2.77. The van der Waals surface area contributed by atoms with Gasteiger partial charge in [0.05, 0.1) is 22.8 Å². The summed E-state index contributed by atoms with van der Waals surface area (Å²) in [6.45, 7) is 2.05. The lowest BCUT2D eigenvalue weighted by atomic mass is 10.2. The minimum absolute atomic E-state index is 0.230. The molecule has 2 aromatic rings. The third kappa shape index (κ3) is 4.02. The number of aromatic carboxylic acids is 1. The zero-order valence-electron chi connectivity index (χ0n) is 11.7. The number of hydrogen-bond acceptors (Lipinski definition) is 4. The van der Waals surface area contributed by atoms with Gasteiger partial charge in [-0.15, -0.1) is 0 Å². The molecule has 2 rings (SSSR count). The van der Waals surface area contributed by atoms with Gasteiger partial charge in [-0.3, -0.25) is 0 Å². The van der Waals surface area contributed by atoms with Crippen LogP contribution in [0.3, 0.4) is 0 Å². The summed E-state index contributed by atoms with van der Waals surface area (Å²) in [6.07, 6.45) is 0. The molecule has 114 valence electrons. The van der Waals surface area contributed by atoms with E-state index in [9.17, 15) is 9.59 Å². The normalized spacial score (nSPS) is 10.3. The summed E-state index contributed by atoms with van der Waals surface area (Å²) in [5, 5.41) is 9.31. The van der Waals surface area contributed by atoms with Gasteiger partial charge < -0.3 is 9.84 Å². The lowest BCUT2D eigenvalue weighted by Gasteiger charge is -2.07. The Labute approximate surface area is 137 Å². The van der Waals surface area contributed by atoms with Gasteiger partial charge in [-0.1, -0.05) is 23.4 Å².